The van der Waals surface area contributed by atoms with Crippen LogP contribution in [-0.2, 0) is 17.9 Å². The third-order valence-corrected chi connectivity index (χ3v) is 4.12. The molecule has 0 spiro atoms. The van der Waals surface area contributed by atoms with E-state index in [1.807, 2.05) is 59.3 Å². The maximum Gasteiger partial charge on any atom is 0.237 e. The number of rotatable bonds is 7. The first-order valence-electron chi connectivity index (χ1n) is 8.22. The first-order chi connectivity index (χ1) is 11.5. The average Bonchev–Trinajstić information content (AvgIpc) is 2.53. The van der Waals surface area contributed by atoms with Crippen LogP contribution in [0.5, 0.6) is 0 Å². The predicted octanol–water partition coefficient (Wildman–Crippen LogP) is 4.21. The Bertz CT molecular complexity index is 658. The fourth-order valence-corrected chi connectivity index (χ4v) is 2.88. The number of benzene rings is 2. The number of amides is 1. The van der Waals surface area contributed by atoms with Crippen LogP contribution in [0.3, 0.4) is 0 Å². The van der Waals surface area contributed by atoms with Crippen molar-refractivity contribution in [2.45, 2.75) is 33.0 Å². The van der Waals surface area contributed by atoms with Crippen LogP contribution >= 0.6 is 11.6 Å². The monoisotopic (exact) mass is 344 g/mol. The lowest BCUT2D eigenvalue weighted by molar-refractivity contribution is -0.134. The third-order valence-electron chi connectivity index (χ3n) is 3.89. The van der Waals surface area contributed by atoms with Crippen LogP contribution in [0.25, 0.3) is 0 Å². The van der Waals surface area contributed by atoms with Crippen LogP contribution in [0, 0.1) is 0 Å². The second-order valence-corrected chi connectivity index (χ2v) is 6.84. The minimum Gasteiger partial charge on any atom is -0.335 e. The summed E-state index contributed by atoms with van der Waals surface area (Å²) in [5, 5.41) is 0.722. The van der Waals surface area contributed by atoms with Crippen molar-refractivity contribution in [3.8, 4) is 0 Å². The number of carbonyl (C=O) groups excluding carboxylic acids is 1. The van der Waals surface area contributed by atoms with Gasteiger partial charge in [-0.2, -0.15) is 0 Å². The molecule has 0 aliphatic rings. The molecule has 0 radical (unpaired) electrons. The lowest BCUT2D eigenvalue weighted by atomic mass is 10.2. The number of hydrogen-bond donors (Lipinski definition) is 0. The van der Waals surface area contributed by atoms with Crippen LogP contribution in [0.15, 0.2) is 54.6 Å². The van der Waals surface area contributed by atoms with Crippen molar-refractivity contribution in [2.75, 3.05) is 13.6 Å². The van der Waals surface area contributed by atoms with Gasteiger partial charge in [-0.05, 0) is 44.2 Å². The molecule has 24 heavy (non-hydrogen) atoms. The Balaban J connectivity index is 1.97. The number of carbonyl (C=O) groups is 1. The number of hydrogen-bond acceptors (Lipinski definition) is 2. The van der Waals surface area contributed by atoms with Gasteiger partial charge in [-0.3, -0.25) is 9.69 Å². The molecule has 0 saturated heterocycles. The quantitative estimate of drug-likeness (QED) is 0.751. The summed E-state index contributed by atoms with van der Waals surface area (Å²) in [5.41, 5.74) is 2.26. The van der Waals surface area contributed by atoms with Crippen molar-refractivity contribution in [3.05, 3.63) is 70.7 Å². The Morgan fingerprint density at radius 1 is 1.00 bits per heavy atom. The molecule has 0 unspecified atom stereocenters. The molecule has 0 N–H and O–H groups in total. The summed E-state index contributed by atoms with van der Waals surface area (Å²) >= 11 is 6.02. The fourth-order valence-electron chi connectivity index (χ4n) is 2.66. The Labute approximate surface area is 149 Å². The van der Waals surface area contributed by atoms with Crippen molar-refractivity contribution >= 4 is 17.5 Å². The summed E-state index contributed by atoms with van der Waals surface area (Å²) in [5.74, 6) is 0.137. The molecule has 0 aliphatic heterocycles. The molecule has 0 aliphatic carbocycles. The standard InChI is InChI=1S/C20H25ClN2O/c1-16(2)23(14-17-8-5-4-6-9-17)20(24)15-22(3)13-18-10-7-11-19(21)12-18/h4-12,16H,13-15H2,1-3H3. The van der Waals surface area contributed by atoms with Crippen molar-refractivity contribution < 1.29 is 4.79 Å². The molecular weight excluding hydrogens is 320 g/mol. The van der Waals surface area contributed by atoms with Crippen LogP contribution in [0.4, 0.5) is 0 Å². The van der Waals surface area contributed by atoms with Crippen LogP contribution in [0.1, 0.15) is 25.0 Å². The summed E-state index contributed by atoms with van der Waals surface area (Å²) in [6, 6.07) is 18.0. The van der Waals surface area contributed by atoms with E-state index in [1.54, 1.807) is 0 Å². The van der Waals surface area contributed by atoms with Gasteiger partial charge in [0.2, 0.25) is 5.91 Å². The van der Waals surface area contributed by atoms with E-state index in [0.29, 0.717) is 19.6 Å². The van der Waals surface area contributed by atoms with Gasteiger partial charge in [-0.25, -0.2) is 0 Å². The first-order valence-corrected chi connectivity index (χ1v) is 8.60. The molecule has 3 nitrogen and oxygen atoms in total. The maximum atomic E-state index is 12.7. The highest BCUT2D eigenvalue weighted by Gasteiger charge is 2.18. The lowest BCUT2D eigenvalue weighted by Gasteiger charge is -2.29. The molecule has 1 amide bonds. The van der Waals surface area contributed by atoms with Crippen molar-refractivity contribution in [1.29, 1.82) is 0 Å². The largest absolute Gasteiger partial charge is 0.335 e. The second kappa shape index (κ2) is 8.86. The molecule has 0 saturated carbocycles. The average molecular weight is 345 g/mol. The second-order valence-electron chi connectivity index (χ2n) is 6.40. The van der Waals surface area contributed by atoms with Gasteiger partial charge in [0.15, 0.2) is 0 Å². The van der Waals surface area contributed by atoms with Crippen molar-refractivity contribution in [3.63, 3.8) is 0 Å². The van der Waals surface area contributed by atoms with E-state index in [9.17, 15) is 4.79 Å². The molecule has 0 heterocycles. The molecule has 0 fully saturated rings. The SMILES string of the molecule is CC(C)N(Cc1ccccc1)C(=O)CN(C)Cc1cccc(Cl)c1. The van der Waals surface area contributed by atoms with Gasteiger partial charge in [0.05, 0.1) is 6.54 Å². The maximum absolute atomic E-state index is 12.7. The summed E-state index contributed by atoms with van der Waals surface area (Å²) in [7, 11) is 1.96. The van der Waals surface area contributed by atoms with Crippen molar-refractivity contribution in [1.82, 2.24) is 9.80 Å². The Morgan fingerprint density at radius 3 is 2.29 bits per heavy atom. The molecule has 0 aromatic heterocycles. The minimum absolute atomic E-state index is 0.137. The third kappa shape index (κ3) is 5.66. The van der Waals surface area contributed by atoms with E-state index in [1.165, 1.54) is 0 Å². The molecule has 0 bridgehead atoms. The van der Waals surface area contributed by atoms with E-state index in [2.05, 4.69) is 26.0 Å². The molecular formula is C20H25ClN2O. The van der Waals surface area contributed by atoms with Gasteiger partial charge in [-0.1, -0.05) is 54.1 Å². The van der Waals surface area contributed by atoms with Crippen LogP contribution in [0.2, 0.25) is 5.02 Å². The molecule has 128 valence electrons. The molecule has 2 aromatic rings. The molecule has 4 heteroatoms. The fraction of sp³-hybridized carbons (Fsp3) is 0.350. The Morgan fingerprint density at radius 2 is 1.67 bits per heavy atom. The van der Waals surface area contributed by atoms with Crippen LogP contribution < -0.4 is 0 Å². The van der Waals surface area contributed by atoms with Gasteiger partial charge >= 0.3 is 0 Å². The van der Waals surface area contributed by atoms with Gasteiger partial charge < -0.3 is 4.90 Å². The number of halogens is 1. The van der Waals surface area contributed by atoms with E-state index < -0.39 is 0 Å². The Kier molecular flexibility index (Phi) is 6.83. The van der Waals surface area contributed by atoms with E-state index in [-0.39, 0.29) is 11.9 Å². The normalized spacial score (nSPS) is 11.1. The molecule has 2 aromatic carbocycles. The highest BCUT2D eigenvalue weighted by atomic mass is 35.5. The zero-order chi connectivity index (χ0) is 17.5. The van der Waals surface area contributed by atoms with Gasteiger partial charge in [0.25, 0.3) is 0 Å². The molecule has 0 atom stereocenters. The predicted molar refractivity (Wildman–Crippen MR) is 99.9 cm³/mol. The highest BCUT2D eigenvalue weighted by molar-refractivity contribution is 6.30. The highest BCUT2D eigenvalue weighted by Crippen LogP contribution is 2.13. The topological polar surface area (TPSA) is 23.6 Å². The van der Waals surface area contributed by atoms with Gasteiger partial charge in [0.1, 0.15) is 0 Å². The van der Waals surface area contributed by atoms with Gasteiger partial charge in [-0.15, -0.1) is 0 Å². The van der Waals surface area contributed by atoms with Gasteiger partial charge in [0, 0.05) is 24.2 Å². The van der Waals surface area contributed by atoms with E-state index in [0.717, 1.165) is 16.1 Å². The summed E-state index contributed by atoms with van der Waals surface area (Å²) in [6.07, 6.45) is 0. The lowest BCUT2D eigenvalue weighted by Crippen LogP contribution is -2.42. The Hall–Kier alpha value is -1.84. The zero-order valence-electron chi connectivity index (χ0n) is 14.6. The molecule has 2 rings (SSSR count). The van der Waals surface area contributed by atoms with E-state index >= 15 is 0 Å². The summed E-state index contributed by atoms with van der Waals surface area (Å²) in [6.45, 7) is 5.83. The summed E-state index contributed by atoms with van der Waals surface area (Å²) in [4.78, 5) is 16.7. The number of nitrogens with zero attached hydrogens (tertiary/aromatic N) is 2. The zero-order valence-corrected chi connectivity index (χ0v) is 15.3. The smallest absolute Gasteiger partial charge is 0.237 e. The summed E-state index contributed by atoms with van der Waals surface area (Å²) < 4.78 is 0. The van der Waals surface area contributed by atoms with E-state index in [4.69, 9.17) is 11.6 Å². The number of likely N-dealkylation sites (N-methyl/N-ethyl adjacent to an activating group) is 1. The minimum atomic E-state index is 0.137. The first kappa shape index (κ1) is 18.5. The van der Waals surface area contributed by atoms with Crippen molar-refractivity contribution in [2.24, 2.45) is 0 Å². The van der Waals surface area contributed by atoms with Crippen LogP contribution in [-0.4, -0.2) is 35.3 Å².